The minimum Gasteiger partial charge on any atom is -0.462 e. The summed E-state index contributed by atoms with van der Waals surface area (Å²) in [5.74, 6) is -1.02. The minimum atomic E-state index is -0.662. The Morgan fingerprint density at radius 3 is 2.81 bits per heavy atom. The van der Waals surface area contributed by atoms with Gasteiger partial charge in [0.1, 0.15) is 0 Å². The fourth-order valence-electron chi connectivity index (χ4n) is 1.73. The fourth-order valence-corrected chi connectivity index (χ4v) is 1.73. The number of hydrogen-bond donors (Lipinski definition) is 1. The van der Waals surface area contributed by atoms with Crippen molar-refractivity contribution in [3.8, 4) is 11.5 Å². The molecular weight excluding hydrogens is 277 g/mol. The van der Waals surface area contributed by atoms with Crippen LogP contribution in [0.1, 0.15) is 24.2 Å². The first-order chi connectivity index (χ1) is 10.0. The second kappa shape index (κ2) is 6.25. The molecule has 0 radical (unpaired) electrons. The van der Waals surface area contributed by atoms with E-state index in [1.165, 1.54) is 12.3 Å². The zero-order valence-corrected chi connectivity index (χ0v) is 11.8. The third-order valence-corrected chi connectivity index (χ3v) is 2.76. The molecule has 112 valence electrons. The molecule has 0 bridgehead atoms. The molecule has 0 saturated carbocycles. The predicted molar refractivity (Wildman–Crippen MR) is 74.7 cm³/mol. The van der Waals surface area contributed by atoms with E-state index in [0.29, 0.717) is 12.3 Å². The second-order valence-corrected chi connectivity index (χ2v) is 4.22. The van der Waals surface area contributed by atoms with Crippen LogP contribution in [0.2, 0.25) is 0 Å². The summed E-state index contributed by atoms with van der Waals surface area (Å²) in [4.78, 5) is 11.7. The Morgan fingerprint density at radius 1 is 1.43 bits per heavy atom. The maximum absolute atomic E-state index is 13.9. The Labute approximate surface area is 121 Å². The summed E-state index contributed by atoms with van der Waals surface area (Å²) >= 11 is 0. The predicted octanol–water partition coefficient (Wildman–Crippen LogP) is 2.59. The van der Waals surface area contributed by atoms with Gasteiger partial charge in [-0.3, -0.25) is 4.68 Å². The number of carbonyl (C=O) groups is 1. The van der Waals surface area contributed by atoms with Crippen LogP contribution >= 0.6 is 0 Å². The van der Waals surface area contributed by atoms with Crippen molar-refractivity contribution in [2.24, 2.45) is 0 Å². The van der Waals surface area contributed by atoms with Gasteiger partial charge in [-0.1, -0.05) is 0 Å². The number of anilines is 1. The van der Waals surface area contributed by atoms with Crippen molar-refractivity contribution in [2.45, 2.75) is 20.4 Å². The number of nitrogens with zero attached hydrogens (tertiary/aromatic N) is 2. The molecule has 1 heterocycles. The molecule has 2 N–H and O–H groups in total. The van der Waals surface area contributed by atoms with E-state index in [9.17, 15) is 9.18 Å². The van der Waals surface area contributed by atoms with Gasteiger partial charge >= 0.3 is 5.97 Å². The highest BCUT2D eigenvalue weighted by Gasteiger charge is 2.17. The van der Waals surface area contributed by atoms with Crippen LogP contribution in [0.25, 0.3) is 0 Å². The lowest BCUT2D eigenvalue weighted by Crippen LogP contribution is -2.09. The number of hydrogen-bond acceptors (Lipinski definition) is 5. The van der Waals surface area contributed by atoms with Crippen LogP contribution in [0.3, 0.4) is 0 Å². The molecule has 7 heteroatoms. The Hall–Kier alpha value is -2.57. The highest BCUT2D eigenvalue weighted by Crippen LogP contribution is 2.29. The number of carbonyl (C=O) groups excluding carboxylic acids is 1. The van der Waals surface area contributed by atoms with E-state index in [1.807, 2.05) is 6.92 Å². The van der Waals surface area contributed by atoms with E-state index in [2.05, 4.69) is 5.10 Å². The average molecular weight is 293 g/mol. The third kappa shape index (κ3) is 3.31. The summed E-state index contributed by atoms with van der Waals surface area (Å²) in [5, 5.41) is 4.02. The number of aryl methyl sites for hydroxylation is 1. The third-order valence-electron chi connectivity index (χ3n) is 2.76. The molecule has 1 aromatic carbocycles. The fraction of sp³-hybridized carbons (Fsp3) is 0.286. The largest absolute Gasteiger partial charge is 0.462 e. The van der Waals surface area contributed by atoms with E-state index < -0.39 is 11.8 Å². The van der Waals surface area contributed by atoms with Crippen molar-refractivity contribution < 1.29 is 18.7 Å². The molecule has 6 nitrogen and oxygen atoms in total. The van der Waals surface area contributed by atoms with Crippen LogP contribution in [-0.2, 0) is 11.3 Å². The molecule has 0 saturated heterocycles. The number of nitrogen functional groups attached to an aromatic ring is 1. The molecule has 1 aromatic heterocycles. The molecule has 0 unspecified atom stereocenters. The van der Waals surface area contributed by atoms with Gasteiger partial charge in [-0.25, -0.2) is 9.18 Å². The standard InChI is InChI=1S/C14H16FN3O3/c1-3-18-8-9(7-17-18)21-13-5-10(14(19)20-4-2)12(16)6-11(13)15/h5-8H,3-4,16H2,1-2H3. The molecule has 0 aliphatic rings. The minimum absolute atomic E-state index is 0.00236. The van der Waals surface area contributed by atoms with Crippen LogP contribution in [0, 0.1) is 5.82 Å². The molecule has 0 aliphatic carbocycles. The average Bonchev–Trinajstić information content (AvgIpc) is 2.89. The lowest BCUT2D eigenvalue weighted by molar-refractivity contribution is 0.0527. The summed E-state index contributed by atoms with van der Waals surface area (Å²) in [7, 11) is 0. The molecule has 21 heavy (non-hydrogen) atoms. The van der Waals surface area contributed by atoms with Crippen LogP contribution in [-0.4, -0.2) is 22.4 Å². The van der Waals surface area contributed by atoms with Gasteiger partial charge in [0.05, 0.1) is 24.6 Å². The highest BCUT2D eigenvalue weighted by atomic mass is 19.1. The summed E-state index contributed by atoms with van der Waals surface area (Å²) in [6.45, 7) is 4.46. The maximum Gasteiger partial charge on any atom is 0.340 e. The lowest BCUT2D eigenvalue weighted by Gasteiger charge is -2.09. The zero-order chi connectivity index (χ0) is 15.4. The molecule has 2 aromatic rings. The van der Waals surface area contributed by atoms with Crippen molar-refractivity contribution in [1.29, 1.82) is 0 Å². The van der Waals surface area contributed by atoms with Crippen molar-refractivity contribution in [1.82, 2.24) is 9.78 Å². The first-order valence-corrected chi connectivity index (χ1v) is 6.51. The Morgan fingerprint density at radius 2 is 2.19 bits per heavy atom. The van der Waals surface area contributed by atoms with Crippen molar-refractivity contribution in [2.75, 3.05) is 12.3 Å². The first-order valence-electron chi connectivity index (χ1n) is 6.51. The monoisotopic (exact) mass is 293 g/mol. The van der Waals surface area contributed by atoms with Gasteiger partial charge < -0.3 is 15.2 Å². The maximum atomic E-state index is 13.9. The van der Waals surface area contributed by atoms with E-state index >= 15 is 0 Å². The lowest BCUT2D eigenvalue weighted by atomic mass is 10.1. The summed E-state index contributed by atoms with van der Waals surface area (Å²) in [6.07, 6.45) is 3.09. The van der Waals surface area contributed by atoms with Gasteiger partial charge in [-0.2, -0.15) is 5.10 Å². The van der Waals surface area contributed by atoms with Crippen molar-refractivity contribution >= 4 is 11.7 Å². The molecular formula is C14H16FN3O3. The van der Waals surface area contributed by atoms with Gasteiger partial charge in [0, 0.05) is 24.4 Å². The number of halogens is 1. The van der Waals surface area contributed by atoms with Gasteiger partial charge in [-0.05, 0) is 13.8 Å². The van der Waals surface area contributed by atoms with E-state index in [1.54, 1.807) is 17.8 Å². The van der Waals surface area contributed by atoms with E-state index in [-0.39, 0.29) is 23.6 Å². The molecule has 0 spiro atoms. The molecule has 0 aliphatic heterocycles. The number of benzene rings is 1. The topological polar surface area (TPSA) is 79.4 Å². The van der Waals surface area contributed by atoms with Crippen LogP contribution < -0.4 is 10.5 Å². The van der Waals surface area contributed by atoms with Gasteiger partial charge in [0.25, 0.3) is 0 Å². The Balaban J connectivity index is 2.30. The smallest absolute Gasteiger partial charge is 0.340 e. The zero-order valence-electron chi connectivity index (χ0n) is 11.8. The number of aromatic nitrogens is 2. The Kier molecular flexibility index (Phi) is 4.42. The normalized spacial score (nSPS) is 10.4. The van der Waals surface area contributed by atoms with Gasteiger partial charge in [0.15, 0.2) is 17.3 Å². The molecule has 0 fully saturated rings. The highest BCUT2D eigenvalue weighted by molar-refractivity contribution is 5.95. The van der Waals surface area contributed by atoms with Crippen LogP contribution in [0.5, 0.6) is 11.5 Å². The summed E-state index contributed by atoms with van der Waals surface area (Å²) < 4.78 is 25.8. The second-order valence-electron chi connectivity index (χ2n) is 4.22. The quantitative estimate of drug-likeness (QED) is 0.677. The number of ether oxygens (including phenoxy) is 2. The summed E-state index contributed by atoms with van der Waals surface area (Å²) in [6, 6.07) is 2.26. The molecule has 2 rings (SSSR count). The van der Waals surface area contributed by atoms with Crippen molar-refractivity contribution in [3.05, 3.63) is 35.9 Å². The molecule has 0 amide bonds. The van der Waals surface area contributed by atoms with E-state index in [4.69, 9.17) is 15.2 Å². The molecule has 0 atom stereocenters. The van der Waals surface area contributed by atoms with Gasteiger partial charge in [0.2, 0.25) is 0 Å². The van der Waals surface area contributed by atoms with E-state index in [0.717, 1.165) is 6.07 Å². The SMILES string of the molecule is CCOC(=O)c1cc(Oc2cnn(CC)c2)c(F)cc1N. The first kappa shape index (κ1) is 14.8. The summed E-state index contributed by atoms with van der Waals surface area (Å²) in [5.41, 5.74) is 5.70. The van der Waals surface area contributed by atoms with Crippen LogP contribution in [0.4, 0.5) is 10.1 Å². The number of rotatable bonds is 5. The Bertz CT molecular complexity index is 655. The van der Waals surface area contributed by atoms with Gasteiger partial charge in [-0.15, -0.1) is 0 Å². The number of esters is 1. The van der Waals surface area contributed by atoms with Crippen molar-refractivity contribution in [3.63, 3.8) is 0 Å². The van der Waals surface area contributed by atoms with Crippen LogP contribution in [0.15, 0.2) is 24.5 Å². The number of nitrogens with two attached hydrogens (primary N) is 1.